The van der Waals surface area contributed by atoms with Crippen LogP contribution < -0.4 is 5.43 Å². The van der Waals surface area contributed by atoms with Crippen LogP contribution in [0.1, 0.15) is 46.8 Å². The molecule has 2 nitrogen and oxygen atoms in total. The lowest BCUT2D eigenvalue weighted by atomic mass is 10.0. The smallest absolute Gasteiger partial charge is 0.195 e. The van der Waals surface area contributed by atoms with E-state index in [9.17, 15) is 9.59 Å². The number of hydrogen-bond acceptors (Lipinski definition) is 3. The van der Waals surface area contributed by atoms with Gasteiger partial charge >= 0.3 is 0 Å². The van der Waals surface area contributed by atoms with Gasteiger partial charge in [-0.05, 0) is 99.8 Å². The second kappa shape index (κ2) is 10.9. The summed E-state index contributed by atoms with van der Waals surface area (Å²) in [5.41, 5.74) is 3.83. The molecule has 0 radical (unpaired) electrons. The number of aryl methyl sites for hydroxylation is 1. The molecule has 0 amide bonds. The molecule has 1 heterocycles. The van der Waals surface area contributed by atoms with E-state index >= 15 is 0 Å². The number of thiol groups is 1. The summed E-state index contributed by atoms with van der Waals surface area (Å²) in [6.45, 7) is 6.40. The van der Waals surface area contributed by atoms with Crippen LogP contribution in [0.25, 0.3) is 20.2 Å². The van der Waals surface area contributed by atoms with Gasteiger partial charge in [-0.2, -0.15) is 10.9 Å². The number of carbonyl (C=O) groups is 1. The summed E-state index contributed by atoms with van der Waals surface area (Å²) >= 11 is 1.67. The molecule has 0 fully saturated rings. The Hall–Kier alpha value is -3.99. The number of ketones is 1. The van der Waals surface area contributed by atoms with Crippen LogP contribution in [0.3, 0.4) is 0 Å². The van der Waals surface area contributed by atoms with Crippen LogP contribution in [0.5, 0.6) is 0 Å². The second-order valence-electron chi connectivity index (χ2n) is 10.4. The van der Waals surface area contributed by atoms with Crippen molar-refractivity contribution in [1.82, 2.24) is 0 Å². The van der Waals surface area contributed by atoms with Crippen molar-refractivity contribution in [3.05, 3.63) is 148 Å². The third-order valence-electron chi connectivity index (χ3n) is 7.32. The van der Waals surface area contributed by atoms with Crippen molar-refractivity contribution in [1.29, 1.82) is 0 Å². The standard InChI is InChI=1S/C36H30O2S2/c1-23(2)27-13-19-33-31(21-27)36(38)32-22-30(18-20-34(32)39-33)40(28-14-9-24(3)10-15-28)29-16-11-26(12-17-29)35(37)25-7-5-4-6-8-25/h4-23,40H,1-3H3. The topological polar surface area (TPSA) is 34.1 Å². The van der Waals surface area contributed by atoms with Gasteiger partial charge in [0, 0.05) is 31.3 Å². The molecule has 6 rings (SSSR count). The fourth-order valence-corrected chi connectivity index (χ4v) is 8.32. The van der Waals surface area contributed by atoms with E-state index in [2.05, 4.69) is 93.6 Å². The fourth-order valence-electron chi connectivity index (χ4n) is 5.02. The lowest BCUT2D eigenvalue weighted by Gasteiger charge is -2.24. The Kier molecular flexibility index (Phi) is 7.14. The monoisotopic (exact) mass is 558 g/mol. The first kappa shape index (κ1) is 26.2. The zero-order chi connectivity index (χ0) is 27.8. The fraction of sp³-hybridized carbons (Fsp3) is 0.111. The highest BCUT2D eigenvalue weighted by molar-refractivity contribution is 8.17. The lowest BCUT2D eigenvalue weighted by molar-refractivity contribution is 0.103. The second-order valence-corrected chi connectivity index (χ2v) is 13.7. The first-order valence-electron chi connectivity index (χ1n) is 13.5. The average molecular weight is 559 g/mol. The van der Waals surface area contributed by atoms with E-state index in [4.69, 9.17) is 0 Å². The molecule has 1 aromatic heterocycles. The molecule has 0 aliphatic carbocycles. The number of fused-ring (bicyclic) bond motifs is 2. The molecule has 5 aromatic carbocycles. The summed E-state index contributed by atoms with van der Waals surface area (Å²) in [6.07, 6.45) is 0. The summed E-state index contributed by atoms with van der Waals surface area (Å²) in [7, 11) is -0.935. The van der Waals surface area contributed by atoms with Crippen molar-refractivity contribution in [3.63, 3.8) is 0 Å². The number of rotatable bonds is 6. The highest BCUT2D eigenvalue weighted by Gasteiger charge is 2.17. The van der Waals surface area contributed by atoms with Gasteiger partial charge in [0.15, 0.2) is 11.2 Å². The van der Waals surface area contributed by atoms with Crippen LogP contribution in [0, 0.1) is 6.92 Å². The summed E-state index contributed by atoms with van der Waals surface area (Å²) in [6, 6.07) is 38.7. The van der Waals surface area contributed by atoms with Gasteiger partial charge in [-0.1, -0.05) is 67.9 Å². The third-order valence-corrected chi connectivity index (χ3v) is 10.9. The van der Waals surface area contributed by atoms with E-state index in [1.165, 1.54) is 16.0 Å². The van der Waals surface area contributed by atoms with Crippen LogP contribution in [0.4, 0.5) is 0 Å². The molecule has 0 saturated heterocycles. The Morgan fingerprint density at radius 2 is 1.20 bits per heavy atom. The molecule has 1 unspecified atom stereocenters. The molecule has 0 aliphatic rings. The summed E-state index contributed by atoms with van der Waals surface area (Å²) in [4.78, 5) is 30.3. The Morgan fingerprint density at radius 3 is 1.85 bits per heavy atom. The van der Waals surface area contributed by atoms with E-state index in [0.717, 1.165) is 30.0 Å². The van der Waals surface area contributed by atoms with Gasteiger partial charge in [0.05, 0.1) is 0 Å². The van der Waals surface area contributed by atoms with Crippen LogP contribution in [-0.2, 0) is 0 Å². The van der Waals surface area contributed by atoms with Gasteiger partial charge in [-0.25, -0.2) is 0 Å². The molecular formula is C36H30O2S2. The molecular weight excluding hydrogens is 529 g/mol. The predicted octanol–water partition coefficient (Wildman–Crippen LogP) is 9.56. The first-order chi connectivity index (χ1) is 19.4. The summed E-state index contributed by atoms with van der Waals surface area (Å²) < 4.78 is 2.02. The minimum atomic E-state index is -0.935. The molecule has 0 saturated carbocycles. The highest BCUT2D eigenvalue weighted by Crippen LogP contribution is 2.52. The largest absolute Gasteiger partial charge is 0.289 e. The third kappa shape index (κ3) is 5.01. The van der Waals surface area contributed by atoms with Gasteiger partial charge in [0.2, 0.25) is 0 Å². The molecule has 4 heteroatoms. The SMILES string of the molecule is Cc1ccc([SH](c2ccc(C(=O)c3ccccc3)cc2)c2ccc3sc4ccc(C(C)C)cc4c(=O)c3c2)cc1. The van der Waals surface area contributed by atoms with Gasteiger partial charge in [-0.3, -0.25) is 9.59 Å². The Bertz CT molecular complexity index is 1900. The minimum absolute atomic E-state index is 0.0163. The van der Waals surface area contributed by atoms with E-state index in [-0.39, 0.29) is 11.2 Å². The average Bonchev–Trinajstić information content (AvgIpc) is 2.99. The molecule has 0 aliphatic heterocycles. The molecule has 40 heavy (non-hydrogen) atoms. The summed E-state index contributed by atoms with van der Waals surface area (Å²) in [5, 5.41) is 1.57. The molecule has 1 atom stereocenters. The van der Waals surface area contributed by atoms with E-state index < -0.39 is 10.9 Å². The maximum Gasteiger partial charge on any atom is 0.195 e. The highest BCUT2D eigenvalue weighted by atomic mass is 32.2. The lowest BCUT2D eigenvalue weighted by Crippen LogP contribution is -2.03. The molecule has 0 spiro atoms. The first-order valence-corrected chi connectivity index (χ1v) is 15.6. The van der Waals surface area contributed by atoms with Gasteiger partial charge in [0.1, 0.15) is 0 Å². The Balaban J connectivity index is 1.47. The zero-order valence-corrected chi connectivity index (χ0v) is 24.4. The van der Waals surface area contributed by atoms with E-state index in [0.29, 0.717) is 17.0 Å². The van der Waals surface area contributed by atoms with Crippen LogP contribution >= 0.6 is 22.2 Å². The molecule has 0 bridgehead atoms. The van der Waals surface area contributed by atoms with Gasteiger partial charge in [0.25, 0.3) is 0 Å². The number of benzene rings is 5. The van der Waals surface area contributed by atoms with Crippen molar-refractivity contribution in [2.45, 2.75) is 41.4 Å². The van der Waals surface area contributed by atoms with Crippen molar-refractivity contribution in [3.8, 4) is 0 Å². The molecule has 6 aromatic rings. The van der Waals surface area contributed by atoms with E-state index in [1.54, 1.807) is 11.3 Å². The normalized spacial score (nSPS) is 12.7. The number of hydrogen-bond donors (Lipinski definition) is 1. The van der Waals surface area contributed by atoms with Gasteiger partial charge in [-0.15, -0.1) is 11.3 Å². The molecule has 198 valence electrons. The Labute approximate surface area is 241 Å². The summed E-state index contributed by atoms with van der Waals surface area (Å²) in [5.74, 6) is 0.379. The van der Waals surface area contributed by atoms with Crippen molar-refractivity contribution in [2.75, 3.05) is 0 Å². The van der Waals surface area contributed by atoms with Crippen molar-refractivity contribution < 1.29 is 4.79 Å². The Morgan fingerprint density at radius 1 is 0.650 bits per heavy atom. The van der Waals surface area contributed by atoms with Crippen LogP contribution in [0.2, 0.25) is 0 Å². The minimum Gasteiger partial charge on any atom is -0.289 e. The van der Waals surface area contributed by atoms with Crippen LogP contribution in [0.15, 0.2) is 135 Å². The quantitative estimate of drug-likeness (QED) is 0.125. The van der Waals surface area contributed by atoms with Crippen molar-refractivity contribution >= 4 is 48.2 Å². The van der Waals surface area contributed by atoms with Gasteiger partial charge < -0.3 is 0 Å². The number of carbonyl (C=O) groups excluding carboxylic acids is 1. The van der Waals surface area contributed by atoms with Crippen LogP contribution in [-0.4, -0.2) is 5.78 Å². The maximum absolute atomic E-state index is 13.8. The predicted molar refractivity (Wildman–Crippen MR) is 171 cm³/mol. The van der Waals surface area contributed by atoms with Crippen molar-refractivity contribution in [2.24, 2.45) is 0 Å². The maximum atomic E-state index is 13.8. The van der Waals surface area contributed by atoms with E-state index in [1.807, 2.05) is 42.5 Å². The molecule has 0 N–H and O–H groups in total. The zero-order valence-electron chi connectivity index (χ0n) is 22.7.